The molecule has 150 valence electrons. The molecule has 30 heavy (non-hydrogen) atoms. The summed E-state index contributed by atoms with van der Waals surface area (Å²) in [5.74, 6) is 0.152. The van der Waals surface area contributed by atoms with Crippen LogP contribution in [-0.2, 0) is 11.2 Å². The van der Waals surface area contributed by atoms with Gasteiger partial charge in [0.05, 0.1) is 5.56 Å². The van der Waals surface area contributed by atoms with Gasteiger partial charge in [-0.05, 0) is 48.7 Å². The van der Waals surface area contributed by atoms with E-state index < -0.39 is 0 Å². The van der Waals surface area contributed by atoms with E-state index in [0.717, 1.165) is 27.8 Å². The Labute approximate surface area is 179 Å². The summed E-state index contributed by atoms with van der Waals surface area (Å²) in [5.41, 5.74) is 5.23. The third-order valence-electron chi connectivity index (χ3n) is 4.78. The zero-order valence-corrected chi connectivity index (χ0v) is 17.2. The number of aryl methyl sites for hydroxylation is 2. The van der Waals surface area contributed by atoms with Gasteiger partial charge in [-0.2, -0.15) is 0 Å². The Morgan fingerprint density at radius 2 is 1.83 bits per heavy atom. The maximum absolute atomic E-state index is 12.6. The maximum atomic E-state index is 12.6. The number of benzene rings is 2. The first-order valence-electron chi connectivity index (χ1n) is 9.62. The van der Waals surface area contributed by atoms with Gasteiger partial charge in [-0.15, -0.1) is 0 Å². The topological polar surface area (TPSA) is 68.0 Å². The Balaban J connectivity index is 1.62. The van der Waals surface area contributed by atoms with Crippen molar-refractivity contribution in [3.63, 3.8) is 0 Å². The second kappa shape index (κ2) is 8.93. The Bertz CT molecular complexity index is 1170. The predicted molar refractivity (Wildman–Crippen MR) is 118 cm³/mol. The standard InChI is InChI=1S/C24H20ClN3O2/c1-16-5-4-7-19(15-16)23-22(18-11-13-26-14-12-18)24(30-28-23)27-21(29)10-9-17-6-2-3-8-20(17)25/h2-8,11-15H,9-10H2,1H3,(H,27,29). The quantitative estimate of drug-likeness (QED) is 0.421. The zero-order chi connectivity index (χ0) is 20.9. The summed E-state index contributed by atoms with van der Waals surface area (Å²) in [6.07, 6.45) is 4.21. The van der Waals surface area contributed by atoms with Crippen LogP contribution in [0.2, 0.25) is 5.02 Å². The number of carbonyl (C=O) groups is 1. The fraction of sp³-hybridized carbons (Fsp3) is 0.125. The number of halogens is 1. The second-order valence-electron chi connectivity index (χ2n) is 6.98. The minimum Gasteiger partial charge on any atom is -0.337 e. The maximum Gasteiger partial charge on any atom is 0.239 e. The first-order valence-corrected chi connectivity index (χ1v) is 10.00. The molecule has 0 aliphatic carbocycles. The lowest BCUT2D eigenvalue weighted by Crippen LogP contribution is -2.12. The number of nitrogens with one attached hydrogen (secondary N) is 1. The van der Waals surface area contributed by atoms with Crippen molar-refractivity contribution in [1.82, 2.24) is 10.1 Å². The average molecular weight is 418 g/mol. The summed E-state index contributed by atoms with van der Waals surface area (Å²) in [6, 6.07) is 19.2. The molecular weight excluding hydrogens is 398 g/mol. The van der Waals surface area contributed by atoms with E-state index in [4.69, 9.17) is 16.1 Å². The van der Waals surface area contributed by atoms with Gasteiger partial charge in [0.2, 0.25) is 11.8 Å². The van der Waals surface area contributed by atoms with Crippen molar-refractivity contribution < 1.29 is 9.32 Å². The van der Waals surface area contributed by atoms with Crippen molar-refractivity contribution >= 4 is 23.4 Å². The summed E-state index contributed by atoms with van der Waals surface area (Å²) in [4.78, 5) is 16.7. The molecular formula is C24H20ClN3O2. The van der Waals surface area contributed by atoms with Crippen LogP contribution in [0.3, 0.4) is 0 Å². The highest BCUT2D eigenvalue weighted by Gasteiger charge is 2.21. The summed E-state index contributed by atoms with van der Waals surface area (Å²) in [5, 5.41) is 7.79. The molecule has 5 nitrogen and oxygen atoms in total. The van der Waals surface area contributed by atoms with E-state index in [0.29, 0.717) is 23.0 Å². The number of hydrogen-bond donors (Lipinski definition) is 1. The Morgan fingerprint density at radius 1 is 1.03 bits per heavy atom. The molecule has 0 bridgehead atoms. The molecule has 0 aliphatic heterocycles. The van der Waals surface area contributed by atoms with Gasteiger partial charge in [-0.1, -0.05) is 58.7 Å². The first kappa shape index (κ1) is 19.9. The fourth-order valence-electron chi connectivity index (χ4n) is 3.29. The van der Waals surface area contributed by atoms with Crippen LogP contribution in [0, 0.1) is 6.92 Å². The highest BCUT2D eigenvalue weighted by Crippen LogP contribution is 2.37. The molecule has 0 unspecified atom stereocenters. The molecule has 1 amide bonds. The minimum absolute atomic E-state index is 0.169. The highest BCUT2D eigenvalue weighted by molar-refractivity contribution is 6.31. The van der Waals surface area contributed by atoms with Gasteiger partial charge < -0.3 is 4.52 Å². The Hall–Kier alpha value is -3.44. The number of rotatable bonds is 6. The molecule has 0 aliphatic rings. The SMILES string of the molecule is Cc1cccc(-c2noc(NC(=O)CCc3ccccc3Cl)c2-c2ccncc2)c1. The minimum atomic E-state index is -0.169. The second-order valence-corrected chi connectivity index (χ2v) is 7.39. The van der Waals surface area contributed by atoms with Gasteiger partial charge in [0.1, 0.15) is 5.69 Å². The summed E-state index contributed by atoms with van der Waals surface area (Å²) < 4.78 is 5.56. The molecule has 0 saturated heterocycles. The van der Waals surface area contributed by atoms with E-state index in [-0.39, 0.29) is 12.3 Å². The van der Waals surface area contributed by atoms with Crippen LogP contribution in [0.1, 0.15) is 17.5 Å². The third-order valence-corrected chi connectivity index (χ3v) is 5.15. The summed E-state index contributed by atoms with van der Waals surface area (Å²) >= 11 is 6.19. The molecule has 0 spiro atoms. The largest absolute Gasteiger partial charge is 0.337 e. The molecule has 2 heterocycles. The van der Waals surface area contributed by atoms with Gasteiger partial charge in [-0.25, -0.2) is 0 Å². The van der Waals surface area contributed by atoms with Gasteiger partial charge in [0.25, 0.3) is 0 Å². The van der Waals surface area contributed by atoms with Gasteiger partial charge in [-0.3, -0.25) is 15.1 Å². The van der Waals surface area contributed by atoms with Gasteiger partial charge in [0, 0.05) is 29.4 Å². The molecule has 0 fully saturated rings. The molecule has 0 saturated carbocycles. The third kappa shape index (κ3) is 4.42. The monoisotopic (exact) mass is 417 g/mol. The lowest BCUT2D eigenvalue weighted by molar-refractivity contribution is -0.116. The van der Waals surface area contributed by atoms with Gasteiger partial charge in [0.15, 0.2) is 0 Å². The Kier molecular flexibility index (Phi) is 5.91. The smallest absolute Gasteiger partial charge is 0.239 e. The van der Waals surface area contributed by atoms with E-state index in [9.17, 15) is 4.79 Å². The molecule has 4 rings (SSSR count). The van der Waals surface area contributed by atoms with Crippen molar-refractivity contribution in [2.75, 3.05) is 5.32 Å². The number of amides is 1. The van der Waals surface area contributed by atoms with E-state index in [1.54, 1.807) is 12.4 Å². The van der Waals surface area contributed by atoms with Crippen LogP contribution in [0.5, 0.6) is 0 Å². The molecule has 0 atom stereocenters. The van der Waals surface area contributed by atoms with Crippen molar-refractivity contribution in [2.24, 2.45) is 0 Å². The van der Waals surface area contributed by atoms with E-state index >= 15 is 0 Å². The number of pyridine rings is 1. The van der Waals surface area contributed by atoms with Crippen LogP contribution in [0.25, 0.3) is 22.4 Å². The fourth-order valence-corrected chi connectivity index (χ4v) is 3.52. The van der Waals surface area contributed by atoms with E-state index in [1.807, 2.05) is 67.6 Å². The lowest BCUT2D eigenvalue weighted by Gasteiger charge is -2.07. The van der Waals surface area contributed by atoms with Crippen LogP contribution in [0.15, 0.2) is 77.6 Å². The van der Waals surface area contributed by atoms with E-state index in [1.165, 1.54) is 0 Å². The normalized spacial score (nSPS) is 10.7. The zero-order valence-electron chi connectivity index (χ0n) is 16.4. The van der Waals surface area contributed by atoms with Crippen LogP contribution in [0.4, 0.5) is 5.88 Å². The van der Waals surface area contributed by atoms with Crippen molar-refractivity contribution in [3.05, 3.63) is 89.2 Å². The van der Waals surface area contributed by atoms with Crippen LogP contribution >= 0.6 is 11.6 Å². The summed E-state index contributed by atoms with van der Waals surface area (Å²) in [6.45, 7) is 2.02. The predicted octanol–water partition coefficient (Wildman–Crippen LogP) is 5.94. The molecule has 4 aromatic rings. The van der Waals surface area contributed by atoms with Gasteiger partial charge >= 0.3 is 0 Å². The van der Waals surface area contributed by atoms with Crippen molar-refractivity contribution in [3.8, 4) is 22.4 Å². The van der Waals surface area contributed by atoms with Crippen LogP contribution < -0.4 is 5.32 Å². The van der Waals surface area contributed by atoms with Crippen molar-refractivity contribution in [2.45, 2.75) is 19.8 Å². The Morgan fingerprint density at radius 3 is 2.60 bits per heavy atom. The molecule has 6 heteroatoms. The van der Waals surface area contributed by atoms with Crippen LogP contribution in [-0.4, -0.2) is 16.0 Å². The van der Waals surface area contributed by atoms with E-state index in [2.05, 4.69) is 15.5 Å². The number of anilines is 1. The number of carbonyl (C=O) groups excluding carboxylic acids is 1. The highest BCUT2D eigenvalue weighted by atomic mass is 35.5. The van der Waals surface area contributed by atoms with Crippen molar-refractivity contribution in [1.29, 1.82) is 0 Å². The molecule has 2 aromatic heterocycles. The molecule has 0 radical (unpaired) electrons. The number of hydrogen-bond acceptors (Lipinski definition) is 4. The molecule has 1 N–H and O–H groups in total. The first-order chi connectivity index (χ1) is 14.6. The average Bonchev–Trinajstić information content (AvgIpc) is 3.17. The number of aromatic nitrogens is 2. The molecule has 2 aromatic carbocycles. The number of nitrogens with zero attached hydrogens (tertiary/aromatic N) is 2. The summed E-state index contributed by atoms with van der Waals surface area (Å²) in [7, 11) is 0. The lowest BCUT2D eigenvalue weighted by atomic mass is 10.0.